The van der Waals surface area contributed by atoms with Gasteiger partial charge in [-0.05, 0) is 19.1 Å². The number of carbonyl (C=O) groups is 1. The predicted molar refractivity (Wildman–Crippen MR) is 54.7 cm³/mol. The van der Waals surface area contributed by atoms with Crippen molar-refractivity contribution in [2.45, 2.75) is 25.4 Å². The van der Waals surface area contributed by atoms with E-state index in [0.717, 1.165) is 19.3 Å². The van der Waals surface area contributed by atoms with Gasteiger partial charge in [-0.25, -0.2) is 0 Å². The standard InChI is InChI=1S/C9H17NO2S/c1-13-6-9(12)10-5-7-3-2-4-8(7)11/h7-8,11H,2-6H2,1H3,(H,10,12). The minimum absolute atomic E-state index is 0.0756. The molecule has 4 heteroatoms. The van der Waals surface area contributed by atoms with E-state index >= 15 is 0 Å². The molecule has 0 aromatic carbocycles. The minimum atomic E-state index is -0.199. The van der Waals surface area contributed by atoms with Gasteiger partial charge in [0.15, 0.2) is 0 Å². The Morgan fingerprint density at radius 3 is 2.92 bits per heavy atom. The van der Waals surface area contributed by atoms with Crippen molar-refractivity contribution < 1.29 is 9.90 Å². The molecule has 0 aromatic heterocycles. The molecule has 1 amide bonds. The first kappa shape index (κ1) is 10.9. The van der Waals surface area contributed by atoms with Crippen LogP contribution in [0.4, 0.5) is 0 Å². The summed E-state index contributed by atoms with van der Waals surface area (Å²) in [5.41, 5.74) is 0. The highest BCUT2D eigenvalue weighted by Crippen LogP contribution is 2.24. The summed E-state index contributed by atoms with van der Waals surface area (Å²) in [5, 5.41) is 12.3. The molecule has 13 heavy (non-hydrogen) atoms. The Morgan fingerprint density at radius 2 is 2.38 bits per heavy atom. The summed E-state index contributed by atoms with van der Waals surface area (Å²) in [5.74, 6) is 0.875. The monoisotopic (exact) mass is 203 g/mol. The van der Waals surface area contributed by atoms with Gasteiger partial charge in [-0.3, -0.25) is 4.79 Å². The van der Waals surface area contributed by atoms with Crippen LogP contribution < -0.4 is 5.32 Å². The molecule has 1 aliphatic carbocycles. The number of aliphatic hydroxyl groups excluding tert-OH is 1. The second kappa shape index (κ2) is 5.50. The average molecular weight is 203 g/mol. The number of amides is 1. The van der Waals surface area contributed by atoms with Crippen LogP contribution in [-0.2, 0) is 4.79 Å². The second-order valence-electron chi connectivity index (χ2n) is 3.50. The first-order valence-corrected chi connectivity index (χ1v) is 6.07. The van der Waals surface area contributed by atoms with E-state index < -0.39 is 0 Å². The summed E-state index contributed by atoms with van der Waals surface area (Å²) in [6.45, 7) is 0.639. The number of aliphatic hydroxyl groups is 1. The lowest BCUT2D eigenvalue weighted by atomic mass is 10.1. The highest BCUT2D eigenvalue weighted by Gasteiger charge is 2.24. The van der Waals surface area contributed by atoms with Crippen LogP contribution in [-0.4, -0.2) is 35.7 Å². The molecule has 0 aliphatic heterocycles. The number of hydrogen-bond acceptors (Lipinski definition) is 3. The zero-order valence-corrected chi connectivity index (χ0v) is 8.77. The van der Waals surface area contributed by atoms with Crippen LogP contribution in [0, 0.1) is 5.92 Å². The van der Waals surface area contributed by atoms with Crippen molar-refractivity contribution in [2.24, 2.45) is 5.92 Å². The second-order valence-corrected chi connectivity index (χ2v) is 4.36. The fourth-order valence-electron chi connectivity index (χ4n) is 1.68. The van der Waals surface area contributed by atoms with Gasteiger partial charge in [-0.2, -0.15) is 11.8 Å². The van der Waals surface area contributed by atoms with E-state index in [4.69, 9.17) is 0 Å². The molecule has 1 fully saturated rings. The number of hydrogen-bond donors (Lipinski definition) is 2. The Labute approximate surface area is 83.3 Å². The van der Waals surface area contributed by atoms with E-state index in [1.807, 2.05) is 6.26 Å². The van der Waals surface area contributed by atoms with E-state index in [2.05, 4.69) is 5.32 Å². The van der Waals surface area contributed by atoms with Crippen molar-refractivity contribution >= 4 is 17.7 Å². The van der Waals surface area contributed by atoms with Crippen molar-refractivity contribution in [1.29, 1.82) is 0 Å². The van der Waals surface area contributed by atoms with Crippen LogP contribution in [0.1, 0.15) is 19.3 Å². The summed E-state index contributed by atoms with van der Waals surface area (Å²) < 4.78 is 0. The SMILES string of the molecule is CSCC(=O)NCC1CCCC1O. The van der Waals surface area contributed by atoms with Gasteiger partial charge in [-0.1, -0.05) is 6.42 Å². The van der Waals surface area contributed by atoms with Crippen LogP contribution in [0.5, 0.6) is 0 Å². The van der Waals surface area contributed by atoms with Crippen LogP contribution in [0.2, 0.25) is 0 Å². The fraction of sp³-hybridized carbons (Fsp3) is 0.889. The maximum absolute atomic E-state index is 11.1. The smallest absolute Gasteiger partial charge is 0.229 e. The van der Waals surface area contributed by atoms with Gasteiger partial charge in [0.1, 0.15) is 0 Å². The van der Waals surface area contributed by atoms with Crippen molar-refractivity contribution in [3.05, 3.63) is 0 Å². The molecule has 0 aromatic rings. The van der Waals surface area contributed by atoms with Crippen molar-refractivity contribution in [1.82, 2.24) is 5.32 Å². The maximum atomic E-state index is 11.1. The predicted octanol–water partition coefficient (Wildman–Crippen LogP) is 0.627. The summed E-state index contributed by atoms with van der Waals surface area (Å²) in [7, 11) is 0. The maximum Gasteiger partial charge on any atom is 0.229 e. The van der Waals surface area contributed by atoms with E-state index in [0.29, 0.717) is 12.3 Å². The van der Waals surface area contributed by atoms with Gasteiger partial charge in [0.2, 0.25) is 5.91 Å². The molecule has 3 nitrogen and oxygen atoms in total. The molecular weight excluding hydrogens is 186 g/mol. The van der Waals surface area contributed by atoms with Gasteiger partial charge in [-0.15, -0.1) is 0 Å². The van der Waals surface area contributed by atoms with Gasteiger partial charge < -0.3 is 10.4 Å². The largest absolute Gasteiger partial charge is 0.393 e. The normalized spacial score (nSPS) is 27.5. The molecule has 0 spiro atoms. The molecule has 0 bridgehead atoms. The van der Waals surface area contributed by atoms with Gasteiger partial charge in [0.25, 0.3) is 0 Å². The van der Waals surface area contributed by atoms with Gasteiger partial charge >= 0.3 is 0 Å². The van der Waals surface area contributed by atoms with Crippen LogP contribution in [0.3, 0.4) is 0 Å². The van der Waals surface area contributed by atoms with Crippen molar-refractivity contribution in [3.63, 3.8) is 0 Å². The Balaban J connectivity index is 2.14. The Kier molecular flexibility index (Phi) is 4.59. The number of nitrogens with one attached hydrogen (secondary N) is 1. The van der Waals surface area contributed by atoms with Gasteiger partial charge in [0, 0.05) is 12.5 Å². The Hall–Kier alpha value is -0.220. The quantitative estimate of drug-likeness (QED) is 0.704. The summed E-state index contributed by atoms with van der Waals surface area (Å²) >= 11 is 1.52. The number of rotatable bonds is 4. The summed E-state index contributed by atoms with van der Waals surface area (Å²) in [4.78, 5) is 11.1. The van der Waals surface area contributed by atoms with Crippen LogP contribution >= 0.6 is 11.8 Å². The van der Waals surface area contributed by atoms with Gasteiger partial charge in [0.05, 0.1) is 11.9 Å². The molecule has 1 saturated carbocycles. The summed E-state index contributed by atoms with van der Waals surface area (Å²) in [6.07, 6.45) is 4.73. The molecule has 0 saturated heterocycles. The number of carbonyl (C=O) groups excluding carboxylic acids is 1. The third kappa shape index (κ3) is 3.56. The zero-order valence-electron chi connectivity index (χ0n) is 7.95. The third-order valence-corrected chi connectivity index (χ3v) is 3.01. The highest BCUT2D eigenvalue weighted by atomic mass is 32.2. The molecule has 2 N–H and O–H groups in total. The average Bonchev–Trinajstić information content (AvgIpc) is 2.48. The Morgan fingerprint density at radius 1 is 1.62 bits per heavy atom. The molecule has 76 valence electrons. The first-order chi connectivity index (χ1) is 6.24. The van der Waals surface area contributed by atoms with Crippen LogP contribution in [0.15, 0.2) is 0 Å². The molecule has 1 aliphatic rings. The van der Waals surface area contributed by atoms with E-state index in [1.54, 1.807) is 0 Å². The summed E-state index contributed by atoms with van der Waals surface area (Å²) in [6, 6.07) is 0. The van der Waals surface area contributed by atoms with Crippen molar-refractivity contribution in [3.8, 4) is 0 Å². The molecular formula is C9H17NO2S. The molecule has 2 unspecified atom stereocenters. The molecule has 1 rings (SSSR count). The van der Waals surface area contributed by atoms with E-state index in [9.17, 15) is 9.90 Å². The molecule has 2 atom stereocenters. The lowest BCUT2D eigenvalue weighted by Crippen LogP contribution is -2.33. The fourth-order valence-corrected chi connectivity index (χ4v) is 2.05. The third-order valence-electron chi connectivity index (χ3n) is 2.46. The minimum Gasteiger partial charge on any atom is -0.393 e. The van der Waals surface area contributed by atoms with Crippen LogP contribution in [0.25, 0.3) is 0 Å². The lowest BCUT2D eigenvalue weighted by Gasteiger charge is -2.14. The lowest BCUT2D eigenvalue weighted by molar-refractivity contribution is -0.118. The topological polar surface area (TPSA) is 49.3 Å². The first-order valence-electron chi connectivity index (χ1n) is 4.67. The highest BCUT2D eigenvalue weighted by molar-refractivity contribution is 7.99. The van der Waals surface area contributed by atoms with Crippen molar-refractivity contribution in [2.75, 3.05) is 18.6 Å². The van der Waals surface area contributed by atoms with E-state index in [1.165, 1.54) is 11.8 Å². The van der Waals surface area contributed by atoms with E-state index in [-0.39, 0.29) is 17.9 Å². The molecule has 0 radical (unpaired) electrons. The Bertz CT molecular complexity index is 175. The zero-order chi connectivity index (χ0) is 9.68. The number of thioether (sulfide) groups is 1. The molecule has 0 heterocycles.